The van der Waals surface area contributed by atoms with E-state index >= 15 is 0 Å². The van der Waals surface area contributed by atoms with Crippen molar-refractivity contribution >= 4 is 18.0 Å². The average molecular weight is 268 g/mol. The Morgan fingerprint density at radius 2 is 2.05 bits per heavy atom. The van der Waals surface area contributed by atoms with Crippen LogP contribution >= 0.6 is 0 Å². The van der Waals surface area contributed by atoms with Crippen molar-refractivity contribution in [2.45, 2.75) is 6.92 Å². The van der Waals surface area contributed by atoms with E-state index in [9.17, 15) is 4.79 Å². The van der Waals surface area contributed by atoms with Gasteiger partial charge in [0.1, 0.15) is 12.4 Å². The molecule has 2 rings (SSSR count). The van der Waals surface area contributed by atoms with Crippen molar-refractivity contribution in [2.75, 3.05) is 11.9 Å². The number of hydrogen-bond acceptors (Lipinski definition) is 3. The minimum absolute atomic E-state index is 0.215. The summed E-state index contributed by atoms with van der Waals surface area (Å²) in [7, 11) is 0. The van der Waals surface area contributed by atoms with Crippen molar-refractivity contribution in [3.8, 4) is 0 Å². The van der Waals surface area contributed by atoms with E-state index in [4.69, 9.17) is 4.74 Å². The van der Waals surface area contributed by atoms with Gasteiger partial charge in [-0.05, 0) is 30.2 Å². The van der Waals surface area contributed by atoms with Crippen LogP contribution in [0.1, 0.15) is 11.1 Å². The van der Waals surface area contributed by atoms with E-state index in [0.717, 1.165) is 11.1 Å². The SMILES string of the molecule is Cc1cccnc1NC(=O)OCC=Cc1ccccc1. The second-order valence-electron chi connectivity index (χ2n) is 4.21. The monoisotopic (exact) mass is 268 g/mol. The van der Waals surface area contributed by atoms with Crippen molar-refractivity contribution in [3.05, 3.63) is 65.9 Å². The summed E-state index contributed by atoms with van der Waals surface area (Å²) in [5, 5.41) is 2.60. The van der Waals surface area contributed by atoms with Crippen LogP contribution < -0.4 is 5.32 Å². The van der Waals surface area contributed by atoms with Crippen LogP contribution in [0.15, 0.2) is 54.7 Å². The first-order chi connectivity index (χ1) is 9.75. The van der Waals surface area contributed by atoms with Gasteiger partial charge in [-0.25, -0.2) is 9.78 Å². The fourth-order valence-electron chi connectivity index (χ4n) is 1.62. The van der Waals surface area contributed by atoms with Gasteiger partial charge < -0.3 is 4.74 Å². The molecule has 20 heavy (non-hydrogen) atoms. The Kier molecular flexibility index (Phi) is 4.89. The molecule has 0 aliphatic carbocycles. The lowest BCUT2D eigenvalue weighted by molar-refractivity contribution is 0.174. The number of carbonyl (C=O) groups is 1. The number of aromatic nitrogens is 1. The molecule has 0 spiro atoms. The normalized spacial score (nSPS) is 10.4. The minimum Gasteiger partial charge on any atom is -0.445 e. The van der Waals surface area contributed by atoms with Crippen molar-refractivity contribution in [2.24, 2.45) is 0 Å². The molecule has 4 nitrogen and oxygen atoms in total. The molecule has 0 radical (unpaired) electrons. The maximum Gasteiger partial charge on any atom is 0.413 e. The van der Waals surface area contributed by atoms with Gasteiger partial charge >= 0.3 is 6.09 Å². The van der Waals surface area contributed by atoms with Gasteiger partial charge in [0.2, 0.25) is 0 Å². The predicted molar refractivity (Wildman–Crippen MR) is 79.4 cm³/mol. The number of aryl methyl sites for hydroxylation is 1. The maximum atomic E-state index is 11.6. The van der Waals surface area contributed by atoms with Crippen molar-refractivity contribution in [3.63, 3.8) is 0 Å². The molecule has 4 heteroatoms. The van der Waals surface area contributed by atoms with Crippen LogP contribution in [-0.4, -0.2) is 17.7 Å². The number of hydrogen-bond donors (Lipinski definition) is 1. The first kappa shape index (κ1) is 13.8. The summed E-state index contributed by atoms with van der Waals surface area (Å²) >= 11 is 0. The topological polar surface area (TPSA) is 51.2 Å². The third-order valence-corrected chi connectivity index (χ3v) is 2.65. The number of amides is 1. The summed E-state index contributed by atoms with van der Waals surface area (Å²) in [5.41, 5.74) is 1.96. The molecule has 1 amide bonds. The first-order valence-corrected chi connectivity index (χ1v) is 6.33. The molecule has 1 heterocycles. The zero-order valence-corrected chi connectivity index (χ0v) is 11.2. The van der Waals surface area contributed by atoms with Crippen LogP contribution in [-0.2, 0) is 4.74 Å². The summed E-state index contributed by atoms with van der Waals surface area (Å²) < 4.78 is 5.05. The molecule has 1 N–H and O–H groups in total. The Bertz CT molecular complexity index is 594. The van der Waals surface area contributed by atoms with Crippen molar-refractivity contribution in [1.29, 1.82) is 0 Å². The van der Waals surface area contributed by atoms with Crippen LogP contribution in [0, 0.1) is 6.92 Å². The van der Waals surface area contributed by atoms with E-state index in [1.165, 1.54) is 0 Å². The number of ether oxygens (including phenoxy) is 1. The first-order valence-electron chi connectivity index (χ1n) is 6.33. The predicted octanol–water partition coefficient (Wildman–Crippen LogP) is 3.65. The Morgan fingerprint density at radius 3 is 2.80 bits per heavy atom. The molecule has 0 saturated heterocycles. The van der Waals surface area contributed by atoms with E-state index in [1.807, 2.05) is 55.5 Å². The highest BCUT2D eigenvalue weighted by Gasteiger charge is 2.04. The summed E-state index contributed by atoms with van der Waals surface area (Å²) in [6, 6.07) is 13.5. The minimum atomic E-state index is -0.510. The molecule has 0 saturated carbocycles. The van der Waals surface area contributed by atoms with Gasteiger partial charge in [0, 0.05) is 6.20 Å². The second kappa shape index (κ2) is 7.09. The van der Waals surface area contributed by atoms with Gasteiger partial charge in [0.25, 0.3) is 0 Å². The highest BCUT2D eigenvalue weighted by molar-refractivity contribution is 5.84. The zero-order chi connectivity index (χ0) is 14.2. The number of carbonyl (C=O) groups excluding carboxylic acids is 1. The lowest BCUT2D eigenvalue weighted by Gasteiger charge is -2.06. The molecule has 102 valence electrons. The Balaban J connectivity index is 1.79. The maximum absolute atomic E-state index is 11.6. The lowest BCUT2D eigenvalue weighted by atomic mass is 10.2. The molecule has 0 bridgehead atoms. The van der Waals surface area contributed by atoms with Gasteiger partial charge in [0.05, 0.1) is 0 Å². The van der Waals surface area contributed by atoms with E-state index in [-0.39, 0.29) is 6.61 Å². The van der Waals surface area contributed by atoms with E-state index < -0.39 is 6.09 Å². The molecule has 0 aliphatic rings. The van der Waals surface area contributed by atoms with Crippen molar-refractivity contribution < 1.29 is 9.53 Å². The fraction of sp³-hybridized carbons (Fsp3) is 0.125. The molecule has 0 unspecified atom stereocenters. The summed E-state index contributed by atoms with van der Waals surface area (Å²) in [5.74, 6) is 0.518. The van der Waals surface area contributed by atoms with Crippen LogP contribution in [0.3, 0.4) is 0 Å². The molecule has 2 aromatic rings. The van der Waals surface area contributed by atoms with E-state index in [0.29, 0.717) is 5.82 Å². The largest absolute Gasteiger partial charge is 0.445 e. The highest BCUT2D eigenvalue weighted by Crippen LogP contribution is 2.09. The number of pyridine rings is 1. The van der Waals surface area contributed by atoms with E-state index in [1.54, 1.807) is 12.3 Å². The average Bonchev–Trinajstić information content (AvgIpc) is 2.47. The molecule has 1 aromatic carbocycles. The molecule has 0 atom stereocenters. The number of benzene rings is 1. The standard InChI is InChI=1S/C16H16N2O2/c1-13-7-5-11-17-15(13)18-16(19)20-12-6-10-14-8-3-2-4-9-14/h2-11H,12H2,1H3,(H,17,18,19). The molecule has 0 fully saturated rings. The van der Waals surface area contributed by atoms with Gasteiger partial charge in [-0.3, -0.25) is 5.32 Å². The Morgan fingerprint density at radius 1 is 1.25 bits per heavy atom. The zero-order valence-electron chi connectivity index (χ0n) is 11.2. The Labute approximate surface area is 118 Å². The summed E-state index contributed by atoms with van der Waals surface area (Å²) in [6.07, 6.45) is 4.81. The summed E-state index contributed by atoms with van der Waals surface area (Å²) in [6.45, 7) is 2.09. The number of anilines is 1. The molecular formula is C16H16N2O2. The quantitative estimate of drug-likeness (QED) is 0.920. The lowest BCUT2D eigenvalue weighted by Crippen LogP contribution is -2.15. The second-order valence-corrected chi connectivity index (χ2v) is 4.21. The van der Waals surface area contributed by atoms with Gasteiger partial charge in [0.15, 0.2) is 0 Å². The fourth-order valence-corrected chi connectivity index (χ4v) is 1.62. The van der Waals surface area contributed by atoms with Crippen LogP contribution in [0.4, 0.5) is 10.6 Å². The van der Waals surface area contributed by atoms with E-state index in [2.05, 4.69) is 10.3 Å². The van der Waals surface area contributed by atoms with Crippen LogP contribution in [0.2, 0.25) is 0 Å². The third-order valence-electron chi connectivity index (χ3n) is 2.65. The number of rotatable bonds is 4. The smallest absolute Gasteiger partial charge is 0.413 e. The number of nitrogens with one attached hydrogen (secondary N) is 1. The molecule has 0 aliphatic heterocycles. The summed E-state index contributed by atoms with van der Waals surface area (Å²) in [4.78, 5) is 15.6. The highest BCUT2D eigenvalue weighted by atomic mass is 16.5. The number of nitrogens with zero attached hydrogens (tertiary/aromatic N) is 1. The molecular weight excluding hydrogens is 252 g/mol. The van der Waals surface area contributed by atoms with Crippen LogP contribution in [0.25, 0.3) is 6.08 Å². The van der Waals surface area contributed by atoms with Gasteiger partial charge in [-0.1, -0.05) is 42.5 Å². The van der Waals surface area contributed by atoms with Gasteiger partial charge in [-0.15, -0.1) is 0 Å². The van der Waals surface area contributed by atoms with Gasteiger partial charge in [-0.2, -0.15) is 0 Å². The third kappa shape index (κ3) is 4.24. The Hall–Kier alpha value is -2.62. The molecule has 1 aromatic heterocycles. The van der Waals surface area contributed by atoms with Crippen molar-refractivity contribution in [1.82, 2.24) is 4.98 Å². The van der Waals surface area contributed by atoms with Crippen LogP contribution in [0.5, 0.6) is 0 Å².